The maximum absolute atomic E-state index is 12.3. The molecule has 2 aromatic rings. The Hall–Kier alpha value is -1.22. The molecule has 0 saturated heterocycles. The predicted molar refractivity (Wildman–Crippen MR) is 91.6 cm³/mol. The molecule has 0 radical (unpaired) electrons. The number of likely N-dealkylation sites (N-methyl/N-ethyl adjacent to an activating group) is 1. The summed E-state index contributed by atoms with van der Waals surface area (Å²) in [5.41, 5.74) is 0. The Kier molecular flexibility index (Phi) is 4.86. The summed E-state index contributed by atoms with van der Waals surface area (Å²) in [7, 11) is -1.85. The van der Waals surface area contributed by atoms with E-state index >= 15 is 0 Å². The molecular weight excluding hydrogens is 356 g/mol. The standard InChI is InChI=1S/C14H17ClN4O2S2/c1-19(23(20,21)13-3-2-8-22-13)7-6-16-12-9-11(15)17-14(18-12)10-4-5-10/h2-3,8-10H,4-7H2,1H3,(H,16,17,18). The second-order valence-electron chi connectivity index (χ2n) is 5.39. The lowest BCUT2D eigenvalue weighted by Gasteiger charge is -2.16. The highest BCUT2D eigenvalue weighted by atomic mass is 35.5. The number of hydrogen-bond acceptors (Lipinski definition) is 6. The third-order valence-corrected chi connectivity index (χ3v) is 6.97. The lowest BCUT2D eigenvalue weighted by atomic mass is 10.4. The Balaban J connectivity index is 1.59. The maximum atomic E-state index is 12.3. The van der Waals surface area contributed by atoms with Crippen molar-refractivity contribution >= 4 is 38.8 Å². The minimum atomic E-state index is -3.42. The van der Waals surface area contributed by atoms with Crippen LogP contribution in [0.25, 0.3) is 0 Å². The highest BCUT2D eigenvalue weighted by Gasteiger charge is 2.27. The Bertz CT molecular complexity index is 776. The zero-order valence-electron chi connectivity index (χ0n) is 12.6. The molecule has 0 aliphatic heterocycles. The molecule has 0 atom stereocenters. The second kappa shape index (κ2) is 6.72. The molecule has 0 spiro atoms. The van der Waals surface area contributed by atoms with Crippen molar-refractivity contribution in [3.8, 4) is 0 Å². The number of nitrogens with zero attached hydrogens (tertiary/aromatic N) is 3. The van der Waals surface area contributed by atoms with Gasteiger partial charge in [0.1, 0.15) is 21.0 Å². The van der Waals surface area contributed by atoms with E-state index in [0.717, 1.165) is 18.7 Å². The minimum Gasteiger partial charge on any atom is -0.369 e. The third kappa shape index (κ3) is 4.00. The number of hydrogen-bond donors (Lipinski definition) is 1. The molecule has 9 heteroatoms. The zero-order valence-corrected chi connectivity index (χ0v) is 15.0. The van der Waals surface area contributed by atoms with E-state index in [2.05, 4.69) is 15.3 Å². The Morgan fingerprint density at radius 2 is 2.22 bits per heavy atom. The first-order valence-electron chi connectivity index (χ1n) is 7.25. The SMILES string of the molecule is CN(CCNc1cc(Cl)nc(C2CC2)n1)S(=O)(=O)c1cccs1. The van der Waals surface area contributed by atoms with Crippen LogP contribution in [0.5, 0.6) is 0 Å². The molecule has 1 aliphatic rings. The van der Waals surface area contributed by atoms with Gasteiger partial charge in [-0.3, -0.25) is 0 Å². The van der Waals surface area contributed by atoms with E-state index in [0.29, 0.717) is 34.2 Å². The molecule has 0 unspecified atom stereocenters. The number of halogens is 1. The van der Waals surface area contributed by atoms with Crippen LogP contribution in [-0.4, -0.2) is 42.8 Å². The molecule has 1 aliphatic carbocycles. The zero-order chi connectivity index (χ0) is 16.4. The normalized spacial score (nSPS) is 15.1. The van der Waals surface area contributed by atoms with Crippen molar-refractivity contribution in [3.05, 3.63) is 34.6 Å². The highest BCUT2D eigenvalue weighted by Crippen LogP contribution is 2.38. The van der Waals surface area contributed by atoms with E-state index in [9.17, 15) is 8.42 Å². The van der Waals surface area contributed by atoms with Gasteiger partial charge in [-0.15, -0.1) is 11.3 Å². The van der Waals surface area contributed by atoms with Gasteiger partial charge in [0.25, 0.3) is 10.0 Å². The summed E-state index contributed by atoms with van der Waals surface area (Å²) in [6.45, 7) is 0.777. The molecule has 0 amide bonds. The molecule has 1 fully saturated rings. The number of thiophene rings is 1. The monoisotopic (exact) mass is 372 g/mol. The van der Waals surface area contributed by atoms with Gasteiger partial charge in [-0.25, -0.2) is 18.4 Å². The average Bonchev–Trinajstić information content (AvgIpc) is 3.20. The molecule has 1 N–H and O–H groups in total. The van der Waals surface area contributed by atoms with Crippen LogP contribution >= 0.6 is 22.9 Å². The van der Waals surface area contributed by atoms with Crippen molar-refractivity contribution in [2.24, 2.45) is 0 Å². The fourth-order valence-electron chi connectivity index (χ4n) is 2.08. The molecule has 1 saturated carbocycles. The van der Waals surface area contributed by atoms with Crippen molar-refractivity contribution in [2.45, 2.75) is 23.0 Å². The lowest BCUT2D eigenvalue weighted by molar-refractivity contribution is 0.482. The van der Waals surface area contributed by atoms with E-state index in [1.807, 2.05) is 0 Å². The molecule has 23 heavy (non-hydrogen) atoms. The Morgan fingerprint density at radius 1 is 1.43 bits per heavy atom. The predicted octanol–water partition coefficient (Wildman–Crippen LogP) is 2.80. The number of anilines is 1. The Morgan fingerprint density at radius 3 is 2.87 bits per heavy atom. The summed E-state index contributed by atoms with van der Waals surface area (Å²) in [4.78, 5) is 8.65. The van der Waals surface area contributed by atoms with Gasteiger partial charge >= 0.3 is 0 Å². The van der Waals surface area contributed by atoms with Crippen LogP contribution in [0.3, 0.4) is 0 Å². The van der Waals surface area contributed by atoms with Crippen LogP contribution in [0.15, 0.2) is 27.8 Å². The highest BCUT2D eigenvalue weighted by molar-refractivity contribution is 7.91. The first-order chi connectivity index (χ1) is 11.0. The smallest absolute Gasteiger partial charge is 0.252 e. The quantitative estimate of drug-likeness (QED) is 0.756. The average molecular weight is 373 g/mol. The van der Waals surface area contributed by atoms with E-state index in [1.165, 1.54) is 15.6 Å². The van der Waals surface area contributed by atoms with Gasteiger partial charge in [-0.05, 0) is 24.3 Å². The van der Waals surface area contributed by atoms with E-state index in [-0.39, 0.29) is 0 Å². The molecule has 3 rings (SSSR count). The third-order valence-electron chi connectivity index (χ3n) is 3.55. The molecule has 2 heterocycles. The number of aromatic nitrogens is 2. The van der Waals surface area contributed by atoms with E-state index < -0.39 is 10.0 Å². The molecule has 0 bridgehead atoms. The van der Waals surface area contributed by atoms with Crippen LogP contribution in [0.4, 0.5) is 5.82 Å². The topological polar surface area (TPSA) is 75.2 Å². The van der Waals surface area contributed by atoms with Crippen LogP contribution < -0.4 is 5.32 Å². The summed E-state index contributed by atoms with van der Waals surface area (Å²) in [6, 6.07) is 4.99. The fraction of sp³-hybridized carbons (Fsp3) is 0.429. The van der Waals surface area contributed by atoms with E-state index in [1.54, 1.807) is 30.6 Å². The summed E-state index contributed by atoms with van der Waals surface area (Å²) in [6.07, 6.45) is 2.20. The van der Waals surface area contributed by atoms with Gasteiger partial charge in [-0.2, -0.15) is 4.31 Å². The number of sulfonamides is 1. The minimum absolute atomic E-state index is 0.334. The van der Waals surface area contributed by atoms with Crippen LogP contribution in [0.1, 0.15) is 24.6 Å². The first-order valence-corrected chi connectivity index (χ1v) is 9.95. The fourth-order valence-corrected chi connectivity index (χ4v) is 4.64. The van der Waals surface area contributed by atoms with Crippen molar-refractivity contribution < 1.29 is 8.42 Å². The molecule has 2 aromatic heterocycles. The maximum Gasteiger partial charge on any atom is 0.252 e. The molecule has 0 aromatic carbocycles. The van der Waals surface area contributed by atoms with Crippen molar-refractivity contribution in [3.63, 3.8) is 0 Å². The molecular formula is C14H17ClN4O2S2. The van der Waals surface area contributed by atoms with Gasteiger partial charge in [0.2, 0.25) is 0 Å². The summed E-state index contributed by atoms with van der Waals surface area (Å²) >= 11 is 7.22. The van der Waals surface area contributed by atoms with Gasteiger partial charge < -0.3 is 5.32 Å². The van der Waals surface area contributed by atoms with Crippen molar-refractivity contribution in [1.29, 1.82) is 0 Å². The lowest BCUT2D eigenvalue weighted by Crippen LogP contribution is -2.31. The number of rotatable bonds is 7. The first kappa shape index (κ1) is 16.6. The largest absolute Gasteiger partial charge is 0.369 e. The van der Waals surface area contributed by atoms with Crippen LogP contribution in [0, 0.1) is 0 Å². The number of nitrogens with one attached hydrogen (secondary N) is 1. The van der Waals surface area contributed by atoms with Gasteiger partial charge in [0, 0.05) is 32.1 Å². The summed E-state index contributed by atoms with van der Waals surface area (Å²) < 4.78 is 26.3. The molecule has 124 valence electrons. The molecule has 6 nitrogen and oxygen atoms in total. The van der Waals surface area contributed by atoms with Gasteiger partial charge in [-0.1, -0.05) is 17.7 Å². The summed E-state index contributed by atoms with van der Waals surface area (Å²) in [5, 5.41) is 5.28. The Labute approximate surface area is 144 Å². The summed E-state index contributed by atoms with van der Waals surface area (Å²) in [5.74, 6) is 1.81. The van der Waals surface area contributed by atoms with Crippen molar-refractivity contribution in [1.82, 2.24) is 14.3 Å². The van der Waals surface area contributed by atoms with Crippen molar-refractivity contribution in [2.75, 3.05) is 25.5 Å². The van der Waals surface area contributed by atoms with Gasteiger partial charge in [0.05, 0.1) is 0 Å². The second-order valence-corrected chi connectivity index (χ2v) is 9.00. The van der Waals surface area contributed by atoms with Gasteiger partial charge in [0.15, 0.2) is 0 Å². The van der Waals surface area contributed by atoms with E-state index in [4.69, 9.17) is 11.6 Å². The van der Waals surface area contributed by atoms with Crippen LogP contribution in [-0.2, 0) is 10.0 Å². The van der Waals surface area contributed by atoms with Crippen LogP contribution in [0.2, 0.25) is 5.15 Å².